The average molecular weight is 235 g/mol. The van der Waals surface area contributed by atoms with Crippen molar-refractivity contribution in [3.63, 3.8) is 0 Å². The first-order valence-corrected chi connectivity index (χ1v) is 6.99. The zero-order valence-corrected chi connectivity index (χ0v) is 11.2. The van der Waals surface area contributed by atoms with Gasteiger partial charge in [-0.3, -0.25) is 4.68 Å². The Morgan fingerprint density at radius 3 is 3.06 bits per heavy atom. The van der Waals surface area contributed by atoms with Crippen molar-refractivity contribution in [2.75, 3.05) is 6.54 Å². The summed E-state index contributed by atoms with van der Waals surface area (Å²) >= 11 is 0. The minimum absolute atomic E-state index is 0.771. The molecule has 2 rings (SSSR count). The molecular formula is C14H25N3. The number of aromatic nitrogens is 2. The van der Waals surface area contributed by atoms with E-state index in [1.54, 1.807) is 0 Å². The van der Waals surface area contributed by atoms with Crippen LogP contribution >= 0.6 is 0 Å². The number of aryl methyl sites for hydroxylation is 2. The number of rotatable bonds is 5. The highest BCUT2D eigenvalue weighted by molar-refractivity contribution is 5.03. The lowest BCUT2D eigenvalue weighted by Gasteiger charge is -2.29. The Hall–Kier alpha value is -0.830. The monoisotopic (exact) mass is 235 g/mol. The number of hydrogen-bond acceptors (Lipinski definition) is 2. The molecule has 0 amide bonds. The van der Waals surface area contributed by atoms with E-state index in [0.717, 1.165) is 18.5 Å². The Labute approximate surface area is 105 Å². The summed E-state index contributed by atoms with van der Waals surface area (Å²) in [6.07, 6.45) is 12.2. The Morgan fingerprint density at radius 2 is 2.35 bits per heavy atom. The van der Waals surface area contributed by atoms with Gasteiger partial charge in [-0.05, 0) is 43.7 Å². The van der Waals surface area contributed by atoms with Crippen molar-refractivity contribution in [2.45, 2.75) is 51.5 Å². The van der Waals surface area contributed by atoms with Gasteiger partial charge in [-0.1, -0.05) is 19.8 Å². The van der Waals surface area contributed by atoms with Crippen molar-refractivity contribution >= 4 is 0 Å². The lowest BCUT2D eigenvalue weighted by atomic mass is 9.82. The van der Waals surface area contributed by atoms with E-state index >= 15 is 0 Å². The van der Waals surface area contributed by atoms with E-state index in [-0.39, 0.29) is 0 Å². The highest BCUT2D eigenvalue weighted by Gasteiger charge is 2.20. The fourth-order valence-corrected chi connectivity index (χ4v) is 3.00. The van der Waals surface area contributed by atoms with Crippen molar-refractivity contribution in [3.05, 3.63) is 18.0 Å². The Balaban J connectivity index is 1.75. The summed E-state index contributed by atoms with van der Waals surface area (Å²) < 4.78 is 1.90. The topological polar surface area (TPSA) is 29.9 Å². The van der Waals surface area contributed by atoms with E-state index in [9.17, 15) is 0 Å². The first-order chi connectivity index (χ1) is 8.28. The molecule has 1 aliphatic rings. The second kappa shape index (κ2) is 6.20. The molecule has 17 heavy (non-hydrogen) atoms. The van der Waals surface area contributed by atoms with Gasteiger partial charge in [0.05, 0.1) is 6.20 Å². The molecule has 0 radical (unpaired) electrons. The molecule has 0 aliphatic heterocycles. The summed E-state index contributed by atoms with van der Waals surface area (Å²) in [6, 6.07) is 0.771. The van der Waals surface area contributed by atoms with Crippen LogP contribution in [0, 0.1) is 5.92 Å². The molecule has 1 heterocycles. The molecule has 2 atom stereocenters. The molecule has 1 N–H and O–H groups in total. The molecule has 0 bridgehead atoms. The molecular weight excluding hydrogens is 210 g/mol. The molecule has 0 aromatic carbocycles. The molecule has 3 heteroatoms. The molecule has 2 unspecified atom stereocenters. The van der Waals surface area contributed by atoms with Gasteiger partial charge < -0.3 is 5.32 Å². The Kier molecular flexibility index (Phi) is 4.60. The summed E-state index contributed by atoms with van der Waals surface area (Å²) in [5, 5.41) is 7.83. The third-order valence-corrected chi connectivity index (χ3v) is 3.88. The zero-order chi connectivity index (χ0) is 12.1. The van der Waals surface area contributed by atoms with Crippen LogP contribution in [0.5, 0.6) is 0 Å². The zero-order valence-electron chi connectivity index (χ0n) is 11.2. The standard InChI is InChI=1S/C14H25N3/c1-3-15-14-6-4-5-12(9-14)7-8-13-10-16-17(2)11-13/h10-12,14-15H,3-9H2,1-2H3. The largest absolute Gasteiger partial charge is 0.314 e. The van der Waals surface area contributed by atoms with Crippen molar-refractivity contribution in [3.8, 4) is 0 Å². The van der Waals surface area contributed by atoms with Gasteiger partial charge in [-0.25, -0.2) is 0 Å². The van der Waals surface area contributed by atoms with Crippen LogP contribution in [-0.4, -0.2) is 22.4 Å². The summed E-state index contributed by atoms with van der Waals surface area (Å²) in [6.45, 7) is 3.32. The Morgan fingerprint density at radius 1 is 1.47 bits per heavy atom. The molecule has 0 saturated heterocycles. The van der Waals surface area contributed by atoms with E-state index in [1.807, 2.05) is 17.9 Å². The Bertz CT molecular complexity index is 330. The first kappa shape index (κ1) is 12.6. The minimum atomic E-state index is 0.771. The van der Waals surface area contributed by atoms with Gasteiger partial charge in [0.15, 0.2) is 0 Å². The molecule has 1 saturated carbocycles. The minimum Gasteiger partial charge on any atom is -0.314 e. The molecule has 3 nitrogen and oxygen atoms in total. The van der Waals surface area contributed by atoms with Crippen LogP contribution in [0.2, 0.25) is 0 Å². The van der Waals surface area contributed by atoms with Crippen LogP contribution < -0.4 is 5.32 Å². The number of hydrogen-bond donors (Lipinski definition) is 1. The summed E-state index contributed by atoms with van der Waals surface area (Å²) in [5.74, 6) is 0.910. The SMILES string of the molecule is CCNC1CCCC(CCc2cnn(C)c2)C1. The second-order valence-electron chi connectivity index (χ2n) is 5.35. The number of nitrogens with one attached hydrogen (secondary N) is 1. The molecule has 96 valence electrons. The van der Waals surface area contributed by atoms with Crippen LogP contribution in [0.1, 0.15) is 44.6 Å². The quantitative estimate of drug-likeness (QED) is 0.850. The number of nitrogens with zero attached hydrogens (tertiary/aromatic N) is 2. The third-order valence-electron chi connectivity index (χ3n) is 3.88. The van der Waals surface area contributed by atoms with E-state index in [1.165, 1.54) is 44.1 Å². The predicted octanol–water partition coefficient (Wildman–Crippen LogP) is 2.52. The van der Waals surface area contributed by atoms with Crippen molar-refractivity contribution in [2.24, 2.45) is 13.0 Å². The summed E-state index contributed by atoms with van der Waals surface area (Å²) in [4.78, 5) is 0. The van der Waals surface area contributed by atoms with Crippen LogP contribution in [0.15, 0.2) is 12.4 Å². The molecule has 1 fully saturated rings. The lowest BCUT2D eigenvalue weighted by molar-refractivity contribution is 0.276. The van der Waals surface area contributed by atoms with Crippen molar-refractivity contribution in [1.29, 1.82) is 0 Å². The maximum atomic E-state index is 4.23. The maximum absolute atomic E-state index is 4.23. The first-order valence-electron chi connectivity index (χ1n) is 6.99. The van der Waals surface area contributed by atoms with E-state index in [4.69, 9.17) is 0 Å². The lowest BCUT2D eigenvalue weighted by Crippen LogP contribution is -2.34. The van der Waals surface area contributed by atoms with Crippen LogP contribution in [0.4, 0.5) is 0 Å². The normalized spacial score (nSPS) is 25.1. The fourth-order valence-electron chi connectivity index (χ4n) is 3.00. The van der Waals surface area contributed by atoms with Gasteiger partial charge in [0, 0.05) is 19.3 Å². The third kappa shape index (κ3) is 3.84. The summed E-state index contributed by atoms with van der Waals surface area (Å²) in [7, 11) is 1.99. The van der Waals surface area contributed by atoms with Crippen LogP contribution in [-0.2, 0) is 13.5 Å². The molecule has 1 aromatic heterocycles. The van der Waals surface area contributed by atoms with Gasteiger partial charge in [0.1, 0.15) is 0 Å². The predicted molar refractivity (Wildman–Crippen MR) is 71.0 cm³/mol. The van der Waals surface area contributed by atoms with Crippen molar-refractivity contribution < 1.29 is 0 Å². The molecule has 0 spiro atoms. The van der Waals surface area contributed by atoms with E-state index in [0.29, 0.717) is 0 Å². The highest BCUT2D eigenvalue weighted by Crippen LogP contribution is 2.27. The average Bonchev–Trinajstić information content (AvgIpc) is 2.74. The summed E-state index contributed by atoms with van der Waals surface area (Å²) in [5.41, 5.74) is 1.39. The van der Waals surface area contributed by atoms with Crippen LogP contribution in [0.25, 0.3) is 0 Å². The van der Waals surface area contributed by atoms with Gasteiger partial charge in [-0.15, -0.1) is 0 Å². The smallest absolute Gasteiger partial charge is 0.0521 e. The highest BCUT2D eigenvalue weighted by atomic mass is 15.2. The van der Waals surface area contributed by atoms with Gasteiger partial charge >= 0.3 is 0 Å². The second-order valence-corrected chi connectivity index (χ2v) is 5.35. The van der Waals surface area contributed by atoms with Gasteiger partial charge in [0.25, 0.3) is 0 Å². The van der Waals surface area contributed by atoms with E-state index in [2.05, 4.69) is 23.5 Å². The fraction of sp³-hybridized carbons (Fsp3) is 0.786. The van der Waals surface area contributed by atoms with Crippen molar-refractivity contribution in [1.82, 2.24) is 15.1 Å². The maximum Gasteiger partial charge on any atom is 0.0521 e. The molecule has 1 aromatic rings. The van der Waals surface area contributed by atoms with Gasteiger partial charge in [0.2, 0.25) is 0 Å². The van der Waals surface area contributed by atoms with E-state index < -0.39 is 0 Å². The van der Waals surface area contributed by atoms with Gasteiger partial charge in [-0.2, -0.15) is 5.10 Å². The van der Waals surface area contributed by atoms with Crippen LogP contribution in [0.3, 0.4) is 0 Å². The molecule has 1 aliphatic carbocycles.